The van der Waals surface area contributed by atoms with Crippen molar-refractivity contribution >= 4 is 11.7 Å². The van der Waals surface area contributed by atoms with Gasteiger partial charge in [0.1, 0.15) is 5.78 Å². The highest BCUT2D eigenvalue weighted by Crippen LogP contribution is 2.33. The summed E-state index contributed by atoms with van der Waals surface area (Å²) in [6, 6.07) is 9.69. The molecule has 1 saturated heterocycles. The van der Waals surface area contributed by atoms with Crippen LogP contribution < -0.4 is 0 Å². The fourth-order valence-electron chi connectivity index (χ4n) is 3.02. The highest BCUT2D eigenvalue weighted by molar-refractivity contribution is 5.93. The zero-order valence-electron chi connectivity index (χ0n) is 14.3. The maximum Gasteiger partial charge on any atom is 0.223 e. The number of carbonyl (C=O) groups is 2. The number of carbonyl (C=O) groups excluding carboxylic acids is 2. The Morgan fingerprint density at radius 1 is 1.13 bits per heavy atom. The van der Waals surface area contributed by atoms with Crippen LogP contribution in [0.2, 0.25) is 0 Å². The first-order valence-corrected chi connectivity index (χ1v) is 8.44. The number of likely N-dealkylation sites (tertiary alicyclic amines) is 1. The molecule has 0 aliphatic carbocycles. The predicted octanol–water partition coefficient (Wildman–Crippen LogP) is 3.78. The second kappa shape index (κ2) is 7.58. The van der Waals surface area contributed by atoms with Gasteiger partial charge in [0.2, 0.25) is 5.91 Å². The van der Waals surface area contributed by atoms with Crippen molar-refractivity contribution in [1.29, 1.82) is 0 Å². The first-order valence-electron chi connectivity index (χ1n) is 8.44. The summed E-state index contributed by atoms with van der Waals surface area (Å²) in [6.07, 6.45) is 3.89. The monoisotopic (exact) mass is 313 g/mol. The Hall–Kier alpha value is -1.90. The van der Waals surface area contributed by atoms with Gasteiger partial charge in [-0.25, -0.2) is 0 Å². The summed E-state index contributed by atoms with van der Waals surface area (Å²) in [7, 11) is 0. The van der Waals surface area contributed by atoms with Gasteiger partial charge in [-0.15, -0.1) is 0 Å². The number of amides is 1. The maximum atomic E-state index is 12.9. The van der Waals surface area contributed by atoms with Crippen molar-refractivity contribution in [2.75, 3.05) is 13.1 Å². The van der Waals surface area contributed by atoms with Gasteiger partial charge in [0.25, 0.3) is 0 Å². The Morgan fingerprint density at radius 2 is 1.74 bits per heavy atom. The summed E-state index contributed by atoms with van der Waals surface area (Å²) in [4.78, 5) is 27.4. The number of hydrogen-bond acceptors (Lipinski definition) is 2. The second-order valence-electron chi connectivity index (χ2n) is 6.82. The third kappa shape index (κ3) is 4.31. The summed E-state index contributed by atoms with van der Waals surface area (Å²) in [5, 5.41) is 0. The lowest BCUT2D eigenvalue weighted by Gasteiger charge is -2.33. The van der Waals surface area contributed by atoms with Crippen LogP contribution in [-0.2, 0) is 16.0 Å². The standard InChI is InChI=1S/C20H27NO2/c1-16(2)20(3,15-19(23)21-12-8-5-9-13-21)18(22)14-17-10-6-4-7-11-17/h4,6-7,10-11H,1,5,8-9,12-15H2,2-3H3. The summed E-state index contributed by atoms with van der Waals surface area (Å²) in [5.41, 5.74) is 0.962. The molecule has 1 heterocycles. The summed E-state index contributed by atoms with van der Waals surface area (Å²) in [5.74, 6) is 0.151. The van der Waals surface area contributed by atoms with E-state index >= 15 is 0 Å². The van der Waals surface area contributed by atoms with E-state index in [0.29, 0.717) is 6.42 Å². The van der Waals surface area contributed by atoms with Gasteiger partial charge in [0.15, 0.2) is 0 Å². The van der Waals surface area contributed by atoms with Gasteiger partial charge >= 0.3 is 0 Å². The minimum Gasteiger partial charge on any atom is -0.343 e. The third-order valence-corrected chi connectivity index (χ3v) is 4.98. The summed E-state index contributed by atoms with van der Waals surface area (Å²) in [6.45, 7) is 9.35. The molecule has 0 N–H and O–H groups in total. The van der Waals surface area contributed by atoms with Gasteiger partial charge in [-0.2, -0.15) is 0 Å². The smallest absolute Gasteiger partial charge is 0.223 e. The molecule has 0 bridgehead atoms. The van der Waals surface area contributed by atoms with Gasteiger partial charge in [-0.1, -0.05) is 42.5 Å². The summed E-state index contributed by atoms with van der Waals surface area (Å²) < 4.78 is 0. The Bertz CT molecular complexity index is 573. The molecular formula is C20H27NO2. The molecule has 23 heavy (non-hydrogen) atoms. The van der Waals surface area contributed by atoms with E-state index in [0.717, 1.165) is 37.1 Å². The molecule has 1 amide bonds. The fourth-order valence-corrected chi connectivity index (χ4v) is 3.02. The largest absolute Gasteiger partial charge is 0.343 e. The SMILES string of the molecule is C=C(C)C(C)(CC(=O)N1CCCCC1)C(=O)Cc1ccccc1. The first kappa shape index (κ1) is 17.5. The van der Waals surface area contributed by atoms with Crippen molar-refractivity contribution in [2.24, 2.45) is 5.41 Å². The van der Waals surface area contributed by atoms with Crippen LogP contribution >= 0.6 is 0 Å². The van der Waals surface area contributed by atoms with Crippen LogP contribution in [0, 0.1) is 5.41 Å². The Labute approximate surface area is 139 Å². The fraction of sp³-hybridized carbons (Fsp3) is 0.500. The van der Waals surface area contributed by atoms with E-state index in [1.807, 2.05) is 49.1 Å². The van der Waals surface area contributed by atoms with Gasteiger partial charge < -0.3 is 4.90 Å². The molecule has 1 atom stereocenters. The molecule has 1 aliphatic rings. The lowest BCUT2D eigenvalue weighted by atomic mass is 9.74. The molecule has 0 radical (unpaired) electrons. The van der Waals surface area contributed by atoms with Crippen molar-refractivity contribution in [3.63, 3.8) is 0 Å². The van der Waals surface area contributed by atoms with Crippen molar-refractivity contribution in [2.45, 2.75) is 46.0 Å². The second-order valence-corrected chi connectivity index (χ2v) is 6.82. The van der Waals surface area contributed by atoms with E-state index in [4.69, 9.17) is 0 Å². The van der Waals surface area contributed by atoms with E-state index < -0.39 is 5.41 Å². The zero-order chi connectivity index (χ0) is 16.9. The van der Waals surface area contributed by atoms with E-state index in [1.165, 1.54) is 6.42 Å². The van der Waals surface area contributed by atoms with Crippen LogP contribution in [0.15, 0.2) is 42.5 Å². The lowest BCUT2D eigenvalue weighted by molar-refractivity contribution is -0.138. The normalized spacial score (nSPS) is 17.4. The molecule has 0 spiro atoms. The van der Waals surface area contributed by atoms with Crippen molar-refractivity contribution in [3.8, 4) is 0 Å². The minimum atomic E-state index is -0.787. The van der Waals surface area contributed by atoms with Crippen LogP contribution in [0.1, 0.15) is 45.1 Å². The predicted molar refractivity (Wildman–Crippen MR) is 93.1 cm³/mol. The van der Waals surface area contributed by atoms with Gasteiger partial charge in [0.05, 0.1) is 5.41 Å². The van der Waals surface area contributed by atoms with Crippen LogP contribution in [0.3, 0.4) is 0 Å². The van der Waals surface area contributed by atoms with Gasteiger partial charge in [-0.05, 0) is 38.7 Å². The molecule has 1 aliphatic heterocycles. The van der Waals surface area contributed by atoms with E-state index in [2.05, 4.69) is 6.58 Å². The van der Waals surface area contributed by atoms with Gasteiger partial charge in [-0.3, -0.25) is 9.59 Å². The molecule has 1 fully saturated rings. The summed E-state index contributed by atoms with van der Waals surface area (Å²) >= 11 is 0. The van der Waals surface area contributed by atoms with Crippen LogP contribution in [0.4, 0.5) is 0 Å². The Balaban J connectivity index is 2.09. The number of ketones is 1. The Morgan fingerprint density at radius 3 is 2.30 bits per heavy atom. The molecule has 3 nitrogen and oxygen atoms in total. The van der Waals surface area contributed by atoms with Crippen molar-refractivity contribution in [1.82, 2.24) is 4.90 Å². The molecule has 3 heteroatoms. The number of allylic oxidation sites excluding steroid dienone is 1. The average Bonchev–Trinajstić information content (AvgIpc) is 2.56. The number of rotatable bonds is 6. The molecule has 1 aromatic carbocycles. The van der Waals surface area contributed by atoms with Crippen LogP contribution in [0.25, 0.3) is 0 Å². The van der Waals surface area contributed by atoms with Crippen LogP contribution in [-0.4, -0.2) is 29.7 Å². The van der Waals surface area contributed by atoms with E-state index in [-0.39, 0.29) is 18.1 Å². The third-order valence-electron chi connectivity index (χ3n) is 4.98. The highest BCUT2D eigenvalue weighted by atomic mass is 16.2. The molecule has 124 valence electrons. The van der Waals surface area contributed by atoms with Crippen molar-refractivity contribution < 1.29 is 9.59 Å². The number of hydrogen-bond donors (Lipinski definition) is 0. The first-order chi connectivity index (χ1) is 10.9. The maximum absolute atomic E-state index is 12.9. The number of nitrogens with zero attached hydrogens (tertiary/aromatic N) is 1. The molecule has 0 aromatic heterocycles. The molecule has 1 aromatic rings. The average molecular weight is 313 g/mol. The highest BCUT2D eigenvalue weighted by Gasteiger charge is 2.37. The topological polar surface area (TPSA) is 37.4 Å². The zero-order valence-corrected chi connectivity index (χ0v) is 14.3. The van der Waals surface area contributed by atoms with E-state index in [9.17, 15) is 9.59 Å². The molecule has 1 unspecified atom stereocenters. The molecule has 0 saturated carbocycles. The lowest BCUT2D eigenvalue weighted by Crippen LogP contribution is -2.41. The number of Topliss-reactive ketones (excluding diaryl/α,β-unsaturated/α-hetero) is 1. The van der Waals surface area contributed by atoms with Crippen LogP contribution in [0.5, 0.6) is 0 Å². The van der Waals surface area contributed by atoms with E-state index in [1.54, 1.807) is 0 Å². The number of benzene rings is 1. The van der Waals surface area contributed by atoms with Crippen molar-refractivity contribution in [3.05, 3.63) is 48.0 Å². The Kier molecular flexibility index (Phi) is 5.75. The minimum absolute atomic E-state index is 0.0709. The molecule has 2 rings (SSSR count). The molecular weight excluding hydrogens is 286 g/mol. The van der Waals surface area contributed by atoms with Gasteiger partial charge in [0, 0.05) is 25.9 Å². The quantitative estimate of drug-likeness (QED) is 0.749. The number of piperidine rings is 1.